The van der Waals surface area contributed by atoms with Crippen LogP contribution in [0.3, 0.4) is 0 Å². The maximum Gasteiger partial charge on any atom is 0.343 e. The molecule has 0 amide bonds. The minimum Gasteiger partial charge on any atom is -0.515 e. The van der Waals surface area contributed by atoms with Crippen molar-refractivity contribution in [3.05, 3.63) is 35.9 Å². The Hall–Kier alpha value is -1.41. The molecule has 1 aromatic carbocycles. The number of carbonyl (C=O) groups is 1. The Kier molecular flexibility index (Phi) is 5.91. The molecule has 0 atom stereocenters. The van der Waals surface area contributed by atoms with E-state index >= 15 is 0 Å². The summed E-state index contributed by atoms with van der Waals surface area (Å²) in [6.45, 7) is 12.0. The first kappa shape index (κ1) is 17.6. The molecule has 0 aromatic heterocycles. The molecule has 0 spiro atoms. The number of hydrogen-bond acceptors (Lipinski definition) is 4. The highest BCUT2D eigenvalue weighted by molar-refractivity contribution is 6.73. The zero-order chi connectivity index (χ0) is 16.1. The second kappa shape index (κ2) is 7.04. The van der Waals surface area contributed by atoms with Crippen LogP contribution < -0.4 is 0 Å². The van der Waals surface area contributed by atoms with Gasteiger partial charge < -0.3 is 8.95 Å². The van der Waals surface area contributed by atoms with Gasteiger partial charge in [-0.3, -0.25) is 0 Å². The van der Waals surface area contributed by atoms with E-state index in [-0.39, 0.29) is 5.97 Å². The highest BCUT2D eigenvalue weighted by Crippen LogP contribution is 2.10. The molecule has 0 heterocycles. The normalized spacial score (nSPS) is 13.0. The first-order chi connectivity index (χ1) is 9.57. The third kappa shape index (κ3) is 7.82. The maximum atomic E-state index is 12.3. The number of carbonyl (C=O) groups excluding carboxylic acids is 1. The van der Waals surface area contributed by atoms with Crippen molar-refractivity contribution in [2.45, 2.75) is 45.7 Å². The van der Waals surface area contributed by atoms with Crippen LogP contribution in [0.2, 0.25) is 39.3 Å². The van der Waals surface area contributed by atoms with E-state index in [0.29, 0.717) is 12.1 Å². The van der Waals surface area contributed by atoms with Crippen molar-refractivity contribution in [1.29, 1.82) is 0 Å². The summed E-state index contributed by atoms with van der Waals surface area (Å²) in [4.78, 5) is 12.3. The van der Waals surface area contributed by atoms with E-state index in [1.165, 1.54) is 0 Å². The van der Waals surface area contributed by atoms with E-state index in [4.69, 9.17) is 8.95 Å². The lowest BCUT2D eigenvalue weighted by molar-refractivity contribution is -0.127. The third-order valence-electron chi connectivity index (χ3n) is 2.28. The van der Waals surface area contributed by atoms with Gasteiger partial charge in [0, 0.05) is 6.42 Å². The van der Waals surface area contributed by atoms with E-state index in [1.807, 2.05) is 69.6 Å². The third-order valence-corrected chi connectivity index (χ3v) is 3.72. The summed E-state index contributed by atoms with van der Waals surface area (Å²) in [7, 11) is -3.78. The summed E-state index contributed by atoms with van der Waals surface area (Å²) in [5, 5.41) is 4.10. The van der Waals surface area contributed by atoms with Crippen molar-refractivity contribution in [2.75, 3.05) is 0 Å². The fourth-order valence-corrected chi connectivity index (χ4v) is 2.52. The predicted octanol–water partition coefficient (Wildman–Crippen LogP) is 3.81. The summed E-state index contributed by atoms with van der Waals surface area (Å²) < 4.78 is 11.1. The molecule has 6 heteroatoms. The van der Waals surface area contributed by atoms with Crippen LogP contribution >= 0.6 is 0 Å². The molecular formula is C15H25NO3Si2. The van der Waals surface area contributed by atoms with Crippen LogP contribution in [-0.2, 0) is 20.2 Å². The number of oxime groups is 1. The minimum atomic E-state index is -1.95. The second-order valence-electron chi connectivity index (χ2n) is 6.91. The Bertz CT molecular complexity index is 502. The van der Waals surface area contributed by atoms with Crippen LogP contribution in [0.25, 0.3) is 0 Å². The van der Waals surface area contributed by atoms with Crippen LogP contribution in [0.5, 0.6) is 0 Å². The van der Waals surface area contributed by atoms with Crippen molar-refractivity contribution in [2.24, 2.45) is 5.16 Å². The first-order valence-corrected chi connectivity index (χ1v) is 13.9. The quantitative estimate of drug-likeness (QED) is 0.454. The number of benzene rings is 1. The largest absolute Gasteiger partial charge is 0.515 e. The van der Waals surface area contributed by atoms with Crippen molar-refractivity contribution in [1.82, 2.24) is 0 Å². The van der Waals surface area contributed by atoms with Gasteiger partial charge in [0.15, 0.2) is 5.71 Å². The smallest absolute Gasteiger partial charge is 0.343 e. The van der Waals surface area contributed by atoms with Crippen LogP contribution in [0, 0.1) is 0 Å². The number of hydrogen-bond donors (Lipinski definition) is 0. The lowest BCUT2D eigenvalue weighted by Crippen LogP contribution is -2.34. The van der Waals surface area contributed by atoms with E-state index < -0.39 is 16.6 Å². The van der Waals surface area contributed by atoms with Crippen molar-refractivity contribution in [3.8, 4) is 0 Å². The van der Waals surface area contributed by atoms with Gasteiger partial charge in [0.05, 0.1) is 0 Å². The van der Waals surface area contributed by atoms with E-state index in [9.17, 15) is 4.79 Å². The molecule has 4 nitrogen and oxygen atoms in total. The molecule has 21 heavy (non-hydrogen) atoms. The highest BCUT2D eigenvalue weighted by Gasteiger charge is 2.25. The van der Waals surface area contributed by atoms with Crippen LogP contribution in [0.15, 0.2) is 35.5 Å². The van der Waals surface area contributed by atoms with Crippen LogP contribution in [-0.4, -0.2) is 28.3 Å². The van der Waals surface area contributed by atoms with E-state index in [1.54, 1.807) is 0 Å². The summed E-state index contributed by atoms with van der Waals surface area (Å²) in [5.74, 6) is -0.365. The molecule has 1 rings (SSSR count). The highest BCUT2D eigenvalue weighted by atomic mass is 28.4. The molecule has 0 radical (unpaired) electrons. The summed E-state index contributed by atoms with van der Waals surface area (Å²) in [6, 6.07) is 9.75. The van der Waals surface area contributed by atoms with Gasteiger partial charge in [0.25, 0.3) is 8.32 Å². The first-order valence-electron chi connectivity index (χ1n) is 7.09. The van der Waals surface area contributed by atoms with Gasteiger partial charge in [-0.25, -0.2) is 4.79 Å². The van der Waals surface area contributed by atoms with Gasteiger partial charge in [0.2, 0.25) is 8.32 Å². The Balaban J connectivity index is 2.92. The fraction of sp³-hybridized carbons (Fsp3) is 0.467. The molecule has 0 saturated heterocycles. The monoisotopic (exact) mass is 323 g/mol. The summed E-state index contributed by atoms with van der Waals surface area (Å²) >= 11 is 0. The second-order valence-corrected chi connectivity index (χ2v) is 15.7. The fourth-order valence-electron chi connectivity index (χ4n) is 1.46. The van der Waals surface area contributed by atoms with E-state index in [0.717, 1.165) is 5.56 Å². The number of rotatable bonds is 6. The predicted molar refractivity (Wildman–Crippen MR) is 91.5 cm³/mol. The van der Waals surface area contributed by atoms with Gasteiger partial charge >= 0.3 is 5.97 Å². The minimum absolute atomic E-state index is 0.339. The van der Waals surface area contributed by atoms with Crippen LogP contribution in [0.1, 0.15) is 5.56 Å². The van der Waals surface area contributed by atoms with Crippen molar-refractivity contribution in [3.63, 3.8) is 0 Å². The number of nitrogens with zero attached hydrogens (tertiary/aromatic N) is 1. The molecule has 0 saturated carbocycles. The van der Waals surface area contributed by atoms with Gasteiger partial charge in [-0.2, -0.15) is 0 Å². The Morgan fingerprint density at radius 3 is 2.05 bits per heavy atom. The molecule has 0 N–H and O–H groups in total. The summed E-state index contributed by atoms with van der Waals surface area (Å²) in [5.41, 5.74) is 1.36. The van der Waals surface area contributed by atoms with Gasteiger partial charge in [-0.15, -0.1) is 0 Å². The Labute approximate surface area is 129 Å². The molecule has 116 valence electrons. The topological polar surface area (TPSA) is 47.9 Å². The molecule has 0 aliphatic rings. The lowest BCUT2D eigenvalue weighted by atomic mass is 10.1. The average molecular weight is 324 g/mol. The lowest BCUT2D eigenvalue weighted by Gasteiger charge is -2.19. The Morgan fingerprint density at radius 2 is 1.57 bits per heavy atom. The van der Waals surface area contributed by atoms with Crippen molar-refractivity contribution < 1.29 is 13.7 Å². The standard InChI is InChI=1S/C15H25NO3Si2/c1-20(2,3)18-15(17)14(16-19-21(4,5)6)12-13-10-8-7-9-11-13/h7-11H,12H2,1-6H3. The molecule has 0 fully saturated rings. The molecule has 1 aromatic rings. The van der Waals surface area contributed by atoms with Gasteiger partial charge in [0.1, 0.15) is 0 Å². The molecule has 0 aliphatic carbocycles. The SMILES string of the molecule is C[Si](C)(C)ON=C(Cc1ccccc1)C(=O)O[Si](C)(C)C. The van der Waals surface area contributed by atoms with Crippen LogP contribution in [0.4, 0.5) is 0 Å². The molecule has 0 bridgehead atoms. The van der Waals surface area contributed by atoms with Crippen molar-refractivity contribution >= 4 is 28.3 Å². The zero-order valence-electron chi connectivity index (χ0n) is 13.8. The Morgan fingerprint density at radius 1 is 1.00 bits per heavy atom. The molecule has 0 unspecified atom stereocenters. The average Bonchev–Trinajstić information content (AvgIpc) is 2.32. The van der Waals surface area contributed by atoms with Gasteiger partial charge in [-0.1, -0.05) is 35.5 Å². The summed E-state index contributed by atoms with van der Waals surface area (Å²) in [6.07, 6.45) is 0.425. The van der Waals surface area contributed by atoms with E-state index in [2.05, 4.69) is 5.16 Å². The maximum absolute atomic E-state index is 12.3. The molecule has 0 aliphatic heterocycles. The zero-order valence-corrected chi connectivity index (χ0v) is 15.8. The van der Waals surface area contributed by atoms with Gasteiger partial charge in [-0.05, 0) is 44.8 Å². The molecular weight excluding hydrogens is 298 g/mol.